The van der Waals surface area contributed by atoms with Gasteiger partial charge in [0.25, 0.3) is 13.4 Å². The highest BCUT2D eigenvalue weighted by atomic mass is 15.3. The SMILES string of the molecule is c1ccc(N(c2ccccc2)c2cc3c4c(c2)N(c2ccccc2)c2cc5c(cc2B4c2ccccc2N3c2ccccc2)B2c3cnccc3N(c3ccccc3)c3cc(N(c4ccccc4)c4ccccc4)nc(c32)N5c2ccccc2-c2ccccn2)cc1. The summed E-state index contributed by atoms with van der Waals surface area (Å²) in [6.45, 7) is -0.546. The van der Waals surface area contributed by atoms with Gasteiger partial charge in [-0.2, -0.15) is 0 Å². The molecule has 18 rings (SSSR count). The van der Waals surface area contributed by atoms with E-state index >= 15 is 0 Å². The van der Waals surface area contributed by atoms with Crippen LogP contribution in [0.2, 0.25) is 0 Å². The zero-order valence-corrected chi connectivity index (χ0v) is 49.9. The van der Waals surface area contributed by atoms with E-state index in [1.165, 1.54) is 16.4 Å². The monoisotopic (exact) mass is 1180 g/mol. The second-order valence-electron chi connectivity index (χ2n) is 23.6. The molecule has 11 heteroatoms. The zero-order valence-electron chi connectivity index (χ0n) is 49.9. The average Bonchev–Trinajstić information content (AvgIpc) is 0.688. The molecule has 9 nitrogen and oxygen atoms in total. The van der Waals surface area contributed by atoms with Crippen molar-refractivity contribution in [1.82, 2.24) is 15.0 Å². The molecule has 0 amide bonds. The lowest BCUT2D eigenvalue weighted by molar-refractivity contribution is 1.12. The fourth-order valence-corrected chi connectivity index (χ4v) is 14.7. The molecule has 0 spiro atoms. The van der Waals surface area contributed by atoms with Crippen LogP contribution in [0.4, 0.5) is 103 Å². The summed E-state index contributed by atoms with van der Waals surface area (Å²) in [5.74, 6) is 1.57. The van der Waals surface area contributed by atoms with Crippen LogP contribution in [0.15, 0.2) is 334 Å². The molecule has 4 aliphatic rings. The molecule has 0 N–H and O–H groups in total. The maximum atomic E-state index is 6.14. The molecule has 0 saturated heterocycles. The largest absolute Gasteiger partial charge is 0.311 e. The number of nitrogens with zero attached hydrogens (tertiary/aromatic N) is 9. The topological polar surface area (TPSA) is 58.1 Å². The highest BCUT2D eigenvalue weighted by Gasteiger charge is 2.50. The molecule has 0 bridgehead atoms. The summed E-state index contributed by atoms with van der Waals surface area (Å²) in [5.41, 5.74) is 25.4. The number of hydrogen-bond donors (Lipinski definition) is 0. The van der Waals surface area contributed by atoms with Crippen molar-refractivity contribution >= 4 is 149 Å². The normalized spacial score (nSPS) is 12.9. The lowest BCUT2D eigenvalue weighted by Crippen LogP contribution is -2.65. The van der Waals surface area contributed by atoms with Gasteiger partial charge in [0.15, 0.2) is 0 Å². The first-order valence-corrected chi connectivity index (χ1v) is 31.3. The number of para-hydroxylation sites is 9. The third-order valence-corrected chi connectivity index (χ3v) is 18.5. The van der Waals surface area contributed by atoms with Crippen LogP contribution in [0.25, 0.3) is 11.3 Å². The summed E-state index contributed by atoms with van der Waals surface area (Å²) in [7, 11) is 0. The molecule has 0 radical (unpaired) electrons. The number of fused-ring (bicyclic) bond motifs is 8. The van der Waals surface area contributed by atoms with Gasteiger partial charge in [-0.3, -0.25) is 19.8 Å². The molecule has 14 aromatic rings. The van der Waals surface area contributed by atoms with Crippen molar-refractivity contribution in [2.45, 2.75) is 0 Å². The minimum atomic E-state index is -0.330. The number of anilines is 18. The lowest BCUT2D eigenvalue weighted by atomic mass is 9.30. The molecule has 0 saturated carbocycles. The van der Waals surface area contributed by atoms with Crippen molar-refractivity contribution in [3.05, 3.63) is 334 Å². The summed E-state index contributed by atoms with van der Waals surface area (Å²) in [6, 6.07) is 114. The first-order valence-electron chi connectivity index (χ1n) is 31.3. The van der Waals surface area contributed by atoms with Gasteiger partial charge in [0, 0.05) is 110 Å². The number of benzene rings is 11. The fourth-order valence-electron chi connectivity index (χ4n) is 14.7. The molecular weight excluding hydrogens is 1120 g/mol. The number of rotatable bonds is 11. The summed E-state index contributed by atoms with van der Waals surface area (Å²) < 4.78 is 0. The van der Waals surface area contributed by atoms with E-state index in [0.29, 0.717) is 0 Å². The molecule has 11 aromatic carbocycles. The van der Waals surface area contributed by atoms with Gasteiger partial charge in [-0.1, -0.05) is 176 Å². The number of hydrogen-bond acceptors (Lipinski definition) is 9. The first kappa shape index (κ1) is 52.9. The second-order valence-corrected chi connectivity index (χ2v) is 23.6. The summed E-state index contributed by atoms with van der Waals surface area (Å²) in [4.78, 5) is 30.9. The van der Waals surface area contributed by atoms with E-state index < -0.39 is 0 Å². The predicted molar refractivity (Wildman–Crippen MR) is 383 cm³/mol. The van der Waals surface area contributed by atoms with Crippen LogP contribution in [0.5, 0.6) is 0 Å². The second kappa shape index (κ2) is 21.8. The summed E-state index contributed by atoms with van der Waals surface area (Å²) in [5, 5.41) is 0. The van der Waals surface area contributed by atoms with Crippen LogP contribution < -0.4 is 62.2 Å². The van der Waals surface area contributed by atoms with Gasteiger partial charge in [-0.05, 0) is 166 Å². The minimum Gasteiger partial charge on any atom is -0.311 e. The smallest absolute Gasteiger partial charge is 0.256 e. The molecule has 7 heterocycles. The zero-order chi connectivity index (χ0) is 60.6. The quantitative estimate of drug-likeness (QED) is 0.118. The molecule has 4 aliphatic heterocycles. The Morgan fingerprint density at radius 3 is 1.28 bits per heavy atom. The molecule has 0 unspecified atom stereocenters. The van der Waals surface area contributed by atoms with Crippen molar-refractivity contribution in [2.75, 3.05) is 29.4 Å². The first-order chi connectivity index (χ1) is 45.7. The minimum absolute atomic E-state index is 0.217. The van der Waals surface area contributed by atoms with Crippen LogP contribution in [-0.2, 0) is 0 Å². The Hall–Kier alpha value is -12.2. The molecule has 0 aliphatic carbocycles. The van der Waals surface area contributed by atoms with Crippen molar-refractivity contribution < 1.29 is 0 Å². The summed E-state index contributed by atoms with van der Waals surface area (Å²) in [6.07, 6.45) is 5.92. The Morgan fingerprint density at radius 2 is 0.728 bits per heavy atom. The molecule has 3 aromatic heterocycles. The standard InChI is InChI=1S/C81H55B2N9/c1-8-28-56(29-9-1)87(57-30-10-2-11-31-57)63-50-75-79-76(51-63)91(62-40-20-7-21-41-62)73-53-74-67(52-66(73)82(79)65-43-23-25-46-71(65)89(75)60-36-16-5-17-37-60)83-68-55-84-49-47-72(68)90(61-38-18-6-19-39-61)77-54-78(88(58-32-12-3-13-33-58)59-34-14-4-15-35-59)86-81(80(77)83)92(74)70-45-24-22-42-64(70)69-44-26-27-48-85-69/h1-55H. The third kappa shape index (κ3) is 8.47. The molecule has 0 fully saturated rings. The van der Waals surface area contributed by atoms with Gasteiger partial charge in [0.05, 0.1) is 17.1 Å². The van der Waals surface area contributed by atoms with Gasteiger partial charge in [0.2, 0.25) is 0 Å². The van der Waals surface area contributed by atoms with Crippen LogP contribution in [0.3, 0.4) is 0 Å². The van der Waals surface area contributed by atoms with Gasteiger partial charge in [0.1, 0.15) is 11.6 Å². The number of pyridine rings is 3. The van der Waals surface area contributed by atoms with Gasteiger partial charge >= 0.3 is 0 Å². The van der Waals surface area contributed by atoms with Crippen molar-refractivity contribution in [2.24, 2.45) is 0 Å². The fraction of sp³-hybridized carbons (Fsp3) is 0. The highest BCUT2D eigenvalue weighted by Crippen LogP contribution is 2.52. The van der Waals surface area contributed by atoms with E-state index in [4.69, 9.17) is 15.0 Å². The Kier molecular flexibility index (Phi) is 12.6. The van der Waals surface area contributed by atoms with E-state index in [-0.39, 0.29) is 13.4 Å². The highest BCUT2D eigenvalue weighted by molar-refractivity contribution is 7.03. The van der Waals surface area contributed by atoms with Gasteiger partial charge in [-0.25, -0.2) is 4.98 Å². The Balaban J connectivity index is 0.985. The van der Waals surface area contributed by atoms with Crippen molar-refractivity contribution in [3.63, 3.8) is 0 Å². The van der Waals surface area contributed by atoms with Crippen molar-refractivity contribution in [1.29, 1.82) is 0 Å². The van der Waals surface area contributed by atoms with E-state index in [2.05, 4.69) is 345 Å². The Bertz CT molecular complexity index is 5020. The maximum absolute atomic E-state index is 6.14. The van der Waals surface area contributed by atoms with E-state index in [1.54, 1.807) is 0 Å². The van der Waals surface area contributed by atoms with Gasteiger partial charge in [-0.15, -0.1) is 0 Å². The molecular formula is C81H55B2N9. The average molecular weight is 1180 g/mol. The van der Waals surface area contributed by atoms with Gasteiger partial charge < -0.3 is 19.6 Å². The Labute approximate surface area is 535 Å². The van der Waals surface area contributed by atoms with Crippen LogP contribution in [-0.4, -0.2) is 28.4 Å². The predicted octanol–water partition coefficient (Wildman–Crippen LogP) is 16.6. The molecule has 0 atom stereocenters. The third-order valence-electron chi connectivity index (χ3n) is 18.5. The Morgan fingerprint density at radius 1 is 0.283 bits per heavy atom. The van der Waals surface area contributed by atoms with Crippen LogP contribution >= 0.6 is 0 Å². The molecule has 92 heavy (non-hydrogen) atoms. The lowest BCUT2D eigenvalue weighted by Gasteiger charge is -2.47. The van der Waals surface area contributed by atoms with E-state index in [1.807, 2.05) is 18.5 Å². The van der Waals surface area contributed by atoms with E-state index in [9.17, 15) is 0 Å². The van der Waals surface area contributed by atoms with E-state index in [0.717, 1.165) is 130 Å². The summed E-state index contributed by atoms with van der Waals surface area (Å²) >= 11 is 0. The van der Waals surface area contributed by atoms with Crippen molar-refractivity contribution in [3.8, 4) is 11.3 Å². The van der Waals surface area contributed by atoms with Crippen LogP contribution in [0.1, 0.15) is 0 Å². The number of aromatic nitrogens is 3. The van der Waals surface area contributed by atoms with Crippen LogP contribution in [0, 0.1) is 0 Å². The molecule has 430 valence electrons. The maximum Gasteiger partial charge on any atom is 0.256 e.